The molecule has 3 rings (SSSR count). The highest BCUT2D eigenvalue weighted by Gasteiger charge is 2.34. The highest BCUT2D eigenvalue weighted by atomic mass is 16.4. The Morgan fingerprint density at radius 2 is 1.85 bits per heavy atom. The van der Waals surface area contributed by atoms with Gasteiger partial charge in [-0.3, -0.25) is 18.7 Å². The number of amides is 1. The van der Waals surface area contributed by atoms with E-state index in [1.165, 1.54) is 21.7 Å². The first kappa shape index (κ1) is 17.7. The van der Waals surface area contributed by atoms with Crippen LogP contribution in [0.25, 0.3) is 0 Å². The summed E-state index contributed by atoms with van der Waals surface area (Å²) < 4.78 is 2.20. The van der Waals surface area contributed by atoms with Gasteiger partial charge in [0.05, 0.1) is 6.54 Å². The molecule has 8 nitrogen and oxygen atoms in total. The van der Waals surface area contributed by atoms with Crippen molar-refractivity contribution in [3.05, 3.63) is 69.0 Å². The molecule has 1 aromatic heterocycles. The molecule has 1 amide bonds. The van der Waals surface area contributed by atoms with Gasteiger partial charge in [-0.15, -0.1) is 0 Å². The van der Waals surface area contributed by atoms with Crippen molar-refractivity contribution in [2.24, 2.45) is 0 Å². The molecular formula is C18H19N3O5. The van der Waals surface area contributed by atoms with Gasteiger partial charge in [-0.1, -0.05) is 30.3 Å². The number of nitrogens with zero attached hydrogens (tertiary/aromatic N) is 3. The van der Waals surface area contributed by atoms with Crippen molar-refractivity contribution >= 4 is 11.9 Å². The molecule has 0 saturated carbocycles. The Morgan fingerprint density at radius 3 is 2.54 bits per heavy atom. The fourth-order valence-electron chi connectivity index (χ4n) is 3.15. The Hall–Kier alpha value is -3.16. The van der Waals surface area contributed by atoms with Crippen molar-refractivity contribution in [2.45, 2.75) is 32.0 Å². The molecule has 2 heterocycles. The van der Waals surface area contributed by atoms with Crippen LogP contribution < -0.4 is 11.2 Å². The standard InChI is InChI=1S/C18H19N3O5/c22-15-8-10-19(11-13-5-2-1-3-6-13)18(26)21(15)12-16(23)20-9-4-7-14(20)17(24)25/h1-3,5-6,8,10,14H,4,7,9,11-12H2,(H,24,25). The normalized spacial score (nSPS) is 16.6. The summed E-state index contributed by atoms with van der Waals surface area (Å²) in [6.45, 7) is 0.127. The second-order valence-electron chi connectivity index (χ2n) is 6.22. The second-order valence-corrected chi connectivity index (χ2v) is 6.22. The molecule has 1 aliphatic rings. The van der Waals surface area contributed by atoms with Gasteiger partial charge in [-0.2, -0.15) is 0 Å². The van der Waals surface area contributed by atoms with Crippen LogP contribution in [-0.2, 0) is 22.7 Å². The van der Waals surface area contributed by atoms with E-state index in [0.29, 0.717) is 19.4 Å². The van der Waals surface area contributed by atoms with E-state index < -0.39 is 35.7 Å². The highest BCUT2D eigenvalue weighted by molar-refractivity contribution is 5.84. The number of aliphatic carboxylic acids is 1. The van der Waals surface area contributed by atoms with Crippen LogP contribution >= 0.6 is 0 Å². The van der Waals surface area contributed by atoms with Crippen molar-refractivity contribution in [3.63, 3.8) is 0 Å². The predicted octanol–water partition coefficient (Wildman–Crippen LogP) is 0.134. The number of hydrogen-bond donors (Lipinski definition) is 1. The van der Waals surface area contributed by atoms with E-state index in [1.54, 1.807) is 0 Å². The Kier molecular flexibility index (Phi) is 5.01. The number of carboxylic acids is 1. The van der Waals surface area contributed by atoms with E-state index in [2.05, 4.69) is 0 Å². The first-order valence-electron chi connectivity index (χ1n) is 8.34. The van der Waals surface area contributed by atoms with Crippen LogP contribution in [0.15, 0.2) is 52.2 Å². The van der Waals surface area contributed by atoms with Gasteiger partial charge in [0.2, 0.25) is 5.91 Å². The van der Waals surface area contributed by atoms with E-state index in [0.717, 1.165) is 10.1 Å². The first-order chi connectivity index (χ1) is 12.5. The first-order valence-corrected chi connectivity index (χ1v) is 8.34. The molecule has 0 bridgehead atoms. The van der Waals surface area contributed by atoms with Crippen LogP contribution in [0.3, 0.4) is 0 Å². The third kappa shape index (κ3) is 3.58. The zero-order valence-electron chi connectivity index (χ0n) is 14.1. The van der Waals surface area contributed by atoms with Crippen molar-refractivity contribution < 1.29 is 14.7 Å². The summed E-state index contributed by atoms with van der Waals surface area (Å²) >= 11 is 0. The molecule has 0 aliphatic carbocycles. The Bertz CT molecular complexity index is 932. The van der Waals surface area contributed by atoms with Crippen LogP contribution in [0, 0.1) is 0 Å². The van der Waals surface area contributed by atoms with Gasteiger partial charge in [0.1, 0.15) is 12.6 Å². The van der Waals surface area contributed by atoms with Gasteiger partial charge in [-0.25, -0.2) is 9.59 Å². The summed E-state index contributed by atoms with van der Waals surface area (Å²) in [5.74, 6) is -1.61. The monoisotopic (exact) mass is 357 g/mol. The van der Waals surface area contributed by atoms with E-state index >= 15 is 0 Å². The summed E-state index contributed by atoms with van der Waals surface area (Å²) in [5, 5.41) is 9.19. The molecule has 1 saturated heterocycles. The fourth-order valence-corrected chi connectivity index (χ4v) is 3.15. The third-order valence-electron chi connectivity index (χ3n) is 4.49. The number of rotatable bonds is 5. The van der Waals surface area contributed by atoms with Gasteiger partial charge >= 0.3 is 11.7 Å². The SMILES string of the molecule is O=C(O)C1CCCN1C(=O)Cn1c(=O)ccn(Cc2ccccc2)c1=O. The second kappa shape index (κ2) is 7.38. The molecule has 1 aliphatic heterocycles. The average molecular weight is 357 g/mol. The van der Waals surface area contributed by atoms with Gasteiger partial charge < -0.3 is 10.0 Å². The summed E-state index contributed by atoms with van der Waals surface area (Å²) in [6, 6.07) is 9.60. The van der Waals surface area contributed by atoms with E-state index in [-0.39, 0.29) is 6.54 Å². The lowest BCUT2D eigenvalue weighted by Crippen LogP contribution is -2.47. The molecule has 26 heavy (non-hydrogen) atoms. The smallest absolute Gasteiger partial charge is 0.331 e. The summed E-state index contributed by atoms with van der Waals surface area (Å²) in [6.07, 6.45) is 2.36. The molecule has 0 spiro atoms. The van der Waals surface area contributed by atoms with Crippen molar-refractivity contribution in [1.29, 1.82) is 0 Å². The van der Waals surface area contributed by atoms with Crippen LogP contribution in [0.5, 0.6) is 0 Å². The van der Waals surface area contributed by atoms with Crippen molar-refractivity contribution in [1.82, 2.24) is 14.0 Å². The zero-order chi connectivity index (χ0) is 18.7. The largest absolute Gasteiger partial charge is 0.480 e. The van der Waals surface area contributed by atoms with Gasteiger partial charge in [0.15, 0.2) is 0 Å². The van der Waals surface area contributed by atoms with Crippen molar-refractivity contribution in [2.75, 3.05) is 6.54 Å². The minimum atomic E-state index is -1.07. The Morgan fingerprint density at radius 1 is 1.12 bits per heavy atom. The lowest BCUT2D eigenvalue weighted by atomic mass is 10.2. The summed E-state index contributed by atoms with van der Waals surface area (Å²) in [7, 11) is 0. The number of carbonyl (C=O) groups excluding carboxylic acids is 1. The maximum absolute atomic E-state index is 12.6. The summed E-state index contributed by atoms with van der Waals surface area (Å²) in [5.41, 5.74) is -0.295. The lowest BCUT2D eigenvalue weighted by Gasteiger charge is -2.21. The topological polar surface area (TPSA) is 102 Å². The highest BCUT2D eigenvalue weighted by Crippen LogP contribution is 2.17. The molecule has 2 aromatic rings. The predicted molar refractivity (Wildman–Crippen MR) is 92.9 cm³/mol. The third-order valence-corrected chi connectivity index (χ3v) is 4.49. The van der Waals surface area contributed by atoms with Crippen LogP contribution in [-0.4, -0.2) is 43.6 Å². The van der Waals surface area contributed by atoms with E-state index in [1.807, 2.05) is 30.3 Å². The van der Waals surface area contributed by atoms with E-state index in [9.17, 15) is 24.3 Å². The lowest BCUT2D eigenvalue weighted by molar-refractivity contribution is -0.148. The van der Waals surface area contributed by atoms with Gasteiger partial charge in [0, 0.05) is 18.8 Å². The number of carboxylic acid groups (broad SMARTS) is 1. The van der Waals surface area contributed by atoms with Crippen LogP contribution in [0.1, 0.15) is 18.4 Å². The van der Waals surface area contributed by atoms with Gasteiger partial charge in [-0.05, 0) is 18.4 Å². The van der Waals surface area contributed by atoms with E-state index in [4.69, 9.17) is 0 Å². The number of benzene rings is 1. The minimum Gasteiger partial charge on any atom is -0.480 e. The quantitative estimate of drug-likeness (QED) is 0.820. The Balaban J connectivity index is 1.85. The molecule has 136 valence electrons. The maximum Gasteiger partial charge on any atom is 0.331 e. The molecule has 1 unspecified atom stereocenters. The molecule has 8 heteroatoms. The Labute approximate surface area is 148 Å². The van der Waals surface area contributed by atoms with Crippen molar-refractivity contribution in [3.8, 4) is 0 Å². The average Bonchev–Trinajstić information content (AvgIpc) is 3.12. The summed E-state index contributed by atoms with van der Waals surface area (Å²) in [4.78, 5) is 49.6. The number of aromatic nitrogens is 2. The minimum absolute atomic E-state index is 0.273. The molecule has 1 N–H and O–H groups in total. The zero-order valence-corrected chi connectivity index (χ0v) is 14.1. The molecule has 1 atom stereocenters. The molecule has 0 radical (unpaired) electrons. The van der Waals surface area contributed by atoms with Crippen LogP contribution in [0.4, 0.5) is 0 Å². The molecule has 1 fully saturated rings. The van der Waals surface area contributed by atoms with Gasteiger partial charge in [0.25, 0.3) is 5.56 Å². The maximum atomic E-state index is 12.6. The number of likely N-dealkylation sites (tertiary alicyclic amines) is 1. The number of hydrogen-bond acceptors (Lipinski definition) is 4. The van der Waals surface area contributed by atoms with Crippen LogP contribution in [0.2, 0.25) is 0 Å². The molecular weight excluding hydrogens is 338 g/mol. The molecule has 1 aromatic carbocycles. The fraction of sp³-hybridized carbons (Fsp3) is 0.333. The number of carbonyl (C=O) groups is 2.